The van der Waals surface area contributed by atoms with Gasteiger partial charge in [0.2, 0.25) is 0 Å². The fraction of sp³-hybridized carbons (Fsp3) is 0. The third kappa shape index (κ3) is 2.66. The Labute approximate surface area is 125 Å². The van der Waals surface area contributed by atoms with E-state index in [4.69, 9.17) is 23.2 Å². The number of para-hydroxylation sites is 1. The third-order valence-corrected chi connectivity index (χ3v) is 4.47. The maximum Gasteiger partial charge on any atom is 0.320 e. The van der Waals surface area contributed by atoms with Crippen LogP contribution in [0.1, 0.15) is 0 Å². The Balaban J connectivity index is 2.49. The van der Waals surface area contributed by atoms with Gasteiger partial charge in [-0.25, -0.2) is 0 Å². The second-order valence-electron chi connectivity index (χ2n) is 3.23. The van der Waals surface area contributed by atoms with Gasteiger partial charge >= 0.3 is 5.70 Å². The first-order chi connectivity index (χ1) is 8.50. The van der Waals surface area contributed by atoms with Crippen LogP contribution in [0, 0.1) is 10.1 Å². The molecule has 0 spiro atoms. The van der Waals surface area contributed by atoms with Crippen molar-refractivity contribution in [2.24, 2.45) is 0 Å². The van der Waals surface area contributed by atoms with Gasteiger partial charge in [-0.15, -0.1) is 0 Å². The summed E-state index contributed by atoms with van der Waals surface area (Å²) in [7, 11) is 0. The van der Waals surface area contributed by atoms with Gasteiger partial charge in [0, 0.05) is 4.90 Å². The first kappa shape index (κ1) is 13.7. The lowest BCUT2D eigenvalue weighted by Crippen LogP contribution is -2.05. The van der Waals surface area contributed by atoms with Crippen LogP contribution in [-0.4, -0.2) is 4.92 Å². The van der Waals surface area contributed by atoms with Crippen molar-refractivity contribution in [2.45, 2.75) is 4.90 Å². The molecule has 18 heavy (non-hydrogen) atoms. The van der Waals surface area contributed by atoms with E-state index in [1.165, 1.54) is 11.8 Å². The molecule has 0 atom stereocenters. The second kappa shape index (κ2) is 5.52. The maximum atomic E-state index is 11.1. The first-order valence-corrected chi connectivity index (χ1v) is 7.01. The Morgan fingerprint density at radius 2 is 2.06 bits per heavy atom. The number of fused-ring (bicyclic) bond motifs is 1. The highest BCUT2D eigenvalue weighted by molar-refractivity contribution is 9.12. The fourth-order valence-electron chi connectivity index (χ4n) is 1.38. The standard InChI is InChI=1S/C10H5BrCl2N2O2S/c11-9(13)7(12)8(15(16)17)10-14-5-3-1-2-4-6(5)18-10/h1-4,14H/b9-7-,10-8-. The number of anilines is 1. The summed E-state index contributed by atoms with van der Waals surface area (Å²) < 4.78 is 0.00160. The Morgan fingerprint density at radius 3 is 2.61 bits per heavy atom. The molecule has 94 valence electrons. The molecular formula is C10H5BrCl2N2O2S. The highest BCUT2D eigenvalue weighted by atomic mass is 79.9. The normalized spacial score (nSPS) is 17.7. The van der Waals surface area contributed by atoms with Gasteiger partial charge in [0.1, 0.15) is 8.97 Å². The van der Waals surface area contributed by atoms with Crippen LogP contribution >= 0.6 is 50.9 Å². The molecule has 0 aliphatic carbocycles. The Morgan fingerprint density at radius 1 is 1.39 bits per heavy atom. The first-order valence-electron chi connectivity index (χ1n) is 4.64. The van der Waals surface area contributed by atoms with Gasteiger partial charge in [-0.1, -0.05) is 47.1 Å². The van der Waals surface area contributed by atoms with Crippen LogP contribution in [0.4, 0.5) is 5.69 Å². The van der Waals surface area contributed by atoms with E-state index in [-0.39, 0.29) is 14.7 Å². The summed E-state index contributed by atoms with van der Waals surface area (Å²) >= 11 is 15.7. The molecule has 1 aliphatic heterocycles. The average molecular weight is 368 g/mol. The lowest BCUT2D eigenvalue weighted by molar-refractivity contribution is -0.420. The molecule has 0 radical (unpaired) electrons. The number of halogens is 3. The van der Waals surface area contributed by atoms with E-state index < -0.39 is 4.92 Å². The summed E-state index contributed by atoms with van der Waals surface area (Å²) in [6.07, 6.45) is 0. The zero-order valence-corrected chi connectivity index (χ0v) is 12.5. The molecule has 0 unspecified atom stereocenters. The average Bonchev–Trinajstić information content (AvgIpc) is 2.71. The van der Waals surface area contributed by atoms with Crippen molar-refractivity contribution in [1.82, 2.24) is 0 Å². The minimum absolute atomic E-state index is 0.00160. The van der Waals surface area contributed by atoms with E-state index in [2.05, 4.69) is 21.2 Å². The molecule has 1 aromatic rings. The molecule has 0 fully saturated rings. The van der Waals surface area contributed by atoms with E-state index in [0.717, 1.165) is 10.6 Å². The highest BCUT2D eigenvalue weighted by Gasteiger charge is 2.29. The van der Waals surface area contributed by atoms with Crippen LogP contribution in [0.3, 0.4) is 0 Å². The van der Waals surface area contributed by atoms with Crippen LogP contribution in [0.2, 0.25) is 0 Å². The largest absolute Gasteiger partial charge is 0.343 e. The molecule has 0 bridgehead atoms. The number of benzene rings is 1. The highest BCUT2D eigenvalue weighted by Crippen LogP contribution is 2.44. The van der Waals surface area contributed by atoms with E-state index in [9.17, 15) is 10.1 Å². The molecule has 0 saturated carbocycles. The number of nitro groups is 1. The van der Waals surface area contributed by atoms with Crippen LogP contribution in [-0.2, 0) is 0 Å². The zero-order valence-electron chi connectivity index (χ0n) is 8.62. The summed E-state index contributed by atoms with van der Waals surface area (Å²) in [5, 5.41) is 14.3. The van der Waals surface area contributed by atoms with E-state index in [1.807, 2.05) is 24.3 Å². The monoisotopic (exact) mass is 366 g/mol. The predicted octanol–water partition coefficient (Wildman–Crippen LogP) is 4.69. The minimum atomic E-state index is -0.562. The van der Waals surface area contributed by atoms with Crippen molar-refractivity contribution in [3.8, 4) is 0 Å². The predicted molar refractivity (Wildman–Crippen MR) is 77.6 cm³/mol. The molecule has 1 aliphatic rings. The molecule has 1 N–H and O–H groups in total. The third-order valence-electron chi connectivity index (χ3n) is 2.12. The van der Waals surface area contributed by atoms with Crippen molar-refractivity contribution >= 4 is 56.6 Å². The number of nitrogens with zero attached hydrogens (tertiary/aromatic N) is 1. The summed E-state index contributed by atoms with van der Waals surface area (Å²) in [6, 6.07) is 7.40. The molecule has 1 aromatic carbocycles. The van der Waals surface area contributed by atoms with Crippen LogP contribution in [0.25, 0.3) is 0 Å². The van der Waals surface area contributed by atoms with Gasteiger partial charge in [0.05, 0.1) is 10.6 Å². The number of hydrogen-bond donors (Lipinski definition) is 1. The molecule has 1 heterocycles. The fourth-order valence-corrected chi connectivity index (χ4v) is 2.90. The molecule has 0 aromatic heterocycles. The molecular weight excluding hydrogens is 363 g/mol. The van der Waals surface area contributed by atoms with Crippen LogP contribution in [0.15, 0.2) is 48.9 Å². The van der Waals surface area contributed by atoms with Crippen LogP contribution < -0.4 is 5.32 Å². The molecule has 2 rings (SSSR count). The number of allylic oxidation sites excluding steroid dienone is 1. The van der Waals surface area contributed by atoms with Gasteiger partial charge in [-0.05, 0) is 28.1 Å². The second-order valence-corrected chi connectivity index (χ2v) is 6.29. The quantitative estimate of drug-likeness (QED) is 0.608. The lowest BCUT2D eigenvalue weighted by Gasteiger charge is -2.02. The summed E-state index contributed by atoms with van der Waals surface area (Å²) in [6.45, 7) is 0. The van der Waals surface area contributed by atoms with Crippen LogP contribution in [0.5, 0.6) is 0 Å². The summed E-state index contributed by atoms with van der Waals surface area (Å²) in [4.78, 5) is 11.4. The van der Waals surface area contributed by atoms with Gasteiger partial charge in [-0.3, -0.25) is 10.1 Å². The van der Waals surface area contributed by atoms with Crippen molar-refractivity contribution in [3.05, 3.63) is 54.1 Å². The van der Waals surface area contributed by atoms with Crippen molar-refractivity contribution in [2.75, 3.05) is 5.32 Å². The molecule has 0 saturated heterocycles. The number of nitrogens with one attached hydrogen (secondary N) is 1. The molecule has 0 amide bonds. The number of thioether (sulfide) groups is 1. The molecule has 4 nitrogen and oxygen atoms in total. The Hall–Kier alpha value is -0.690. The van der Waals surface area contributed by atoms with Crippen molar-refractivity contribution < 1.29 is 4.92 Å². The minimum Gasteiger partial charge on any atom is -0.343 e. The van der Waals surface area contributed by atoms with Gasteiger partial charge in [-0.2, -0.15) is 0 Å². The van der Waals surface area contributed by atoms with E-state index in [0.29, 0.717) is 5.03 Å². The smallest absolute Gasteiger partial charge is 0.320 e. The maximum absolute atomic E-state index is 11.1. The van der Waals surface area contributed by atoms with Crippen molar-refractivity contribution in [3.63, 3.8) is 0 Å². The van der Waals surface area contributed by atoms with Gasteiger partial charge in [0.25, 0.3) is 0 Å². The SMILES string of the molecule is O=[N+]([O-])C(=C1/Nc2ccccc2S1)/C(Cl)=C(/Cl)Br. The number of hydrogen-bond acceptors (Lipinski definition) is 4. The summed E-state index contributed by atoms with van der Waals surface area (Å²) in [5.41, 5.74) is 0.562. The van der Waals surface area contributed by atoms with E-state index in [1.54, 1.807) is 0 Å². The molecule has 8 heteroatoms. The Kier molecular flexibility index (Phi) is 4.21. The van der Waals surface area contributed by atoms with Gasteiger partial charge in [0.15, 0.2) is 5.03 Å². The van der Waals surface area contributed by atoms with Gasteiger partial charge < -0.3 is 5.32 Å². The van der Waals surface area contributed by atoms with Crippen molar-refractivity contribution in [1.29, 1.82) is 0 Å². The number of rotatable bonds is 2. The summed E-state index contributed by atoms with van der Waals surface area (Å²) in [5.74, 6) is 0. The lowest BCUT2D eigenvalue weighted by atomic mass is 10.3. The Bertz CT molecular complexity index is 558. The zero-order chi connectivity index (χ0) is 13.3. The van der Waals surface area contributed by atoms with E-state index >= 15 is 0 Å². The topological polar surface area (TPSA) is 55.2 Å².